The van der Waals surface area contributed by atoms with Crippen molar-refractivity contribution < 1.29 is 14.2 Å². The Hall–Kier alpha value is -3.02. The van der Waals surface area contributed by atoms with E-state index in [1.807, 2.05) is 65.5 Å². The first-order valence-electron chi connectivity index (χ1n) is 11.5. The number of thiazole rings is 1. The van der Waals surface area contributed by atoms with Gasteiger partial charge in [-0.1, -0.05) is 37.1 Å². The number of rotatable bonds is 12. The van der Waals surface area contributed by atoms with Crippen LogP contribution in [0.3, 0.4) is 0 Å². The van der Waals surface area contributed by atoms with Gasteiger partial charge >= 0.3 is 0 Å². The molecule has 176 valence electrons. The fraction of sp³-hybridized carbons (Fsp3) is 0.250. The van der Waals surface area contributed by atoms with E-state index in [2.05, 4.69) is 24.0 Å². The first-order valence-corrected chi connectivity index (χ1v) is 12.8. The average molecular weight is 494 g/mol. The number of benzene rings is 3. The van der Waals surface area contributed by atoms with Gasteiger partial charge < -0.3 is 14.2 Å². The van der Waals surface area contributed by atoms with Crippen molar-refractivity contribution in [2.75, 3.05) is 13.2 Å². The topological polar surface area (TPSA) is 40.6 Å². The lowest BCUT2D eigenvalue weighted by atomic mass is 10.1. The van der Waals surface area contributed by atoms with Crippen molar-refractivity contribution >= 4 is 22.9 Å². The zero-order valence-corrected chi connectivity index (χ0v) is 20.8. The lowest BCUT2D eigenvalue weighted by molar-refractivity contribution is 0.265. The molecule has 0 saturated heterocycles. The van der Waals surface area contributed by atoms with Gasteiger partial charge in [-0.3, -0.25) is 0 Å². The van der Waals surface area contributed by atoms with Crippen LogP contribution in [0, 0.1) is 0 Å². The molecule has 0 radical (unpaired) electrons. The number of aryl methyl sites for hydroxylation is 1. The summed E-state index contributed by atoms with van der Waals surface area (Å²) in [6.45, 7) is 3.47. The first-order chi connectivity index (χ1) is 16.7. The van der Waals surface area contributed by atoms with Gasteiger partial charge in [-0.15, -0.1) is 11.3 Å². The molecule has 0 amide bonds. The van der Waals surface area contributed by atoms with E-state index in [1.54, 1.807) is 11.3 Å². The predicted octanol–water partition coefficient (Wildman–Crippen LogP) is 8.45. The Kier molecular flexibility index (Phi) is 8.83. The van der Waals surface area contributed by atoms with E-state index in [0.29, 0.717) is 18.2 Å². The maximum atomic E-state index is 6.10. The van der Waals surface area contributed by atoms with Crippen LogP contribution in [0.15, 0.2) is 77.6 Å². The quantitative estimate of drug-likeness (QED) is 0.186. The lowest BCUT2D eigenvalue weighted by Crippen LogP contribution is -2.04. The van der Waals surface area contributed by atoms with Crippen LogP contribution < -0.4 is 14.2 Å². The fourth-order valence-corrected chi connectivity index (χ4v) is 4.23. The second kappa shape index (κ2) is 12.4. The van der Waals surface area contributed by atoms with E-state index in [9.17, 15) is 0 Å². The van der Waals surface area contributed by atoms with E-state index in [-0.39, 0.29) is 0 Å². The van der Waals surface area contributed by atoms with Gasteiger partial charge in [-0.25, -0.2) is 4.98 Å². The summed E-state index contributed by atoms with van der Waals surface area (Å²) in [5.41, 5.74) is 5.06. The molecular weight excluding hydrogens is 466 g/mol. The fourth-order valence-electron chi connectivity index (χ4n) is 3.54. The molecule has 4 aromatic rings. The van der Waals surface area contributed by atoms with Crippen LogP contribution in [0.5, 0.6) is 23.0 Å². The van der Waals surface area contributed by atoms with Crippen molar-refractivity contribution in [1.82, 2.24) is 4.98 Å². The minimum atomic E-state index is 0.649. The molecule has 0 fully saturated rings. The third-order valence-electron chi connectivity index (χ3n) is 5.23. The van der Waals surface area contributed by atoms with Gasteiger partial charge in [-0.05, 0) is 79.4 Å². The second-order valence-corrected chi connectivity index (χ2v) is 9.04. The van der Waals surface area contributed by atoms with E-state index in [4.69, 9.17) is 25.8 Å². The van der Waals surface area contributed by atoms with Crippen molar-refractivity contribution in [1.29, 1.82) is 0 Å². The third-order valence-corrected chi connectivity index (χ3v) is 6.07. The maximum Gasteiger partial charge on any atom is 0.127 e. The summed E-state index contributed by atoms with van der Waals surface area (Å²) in [6, 6.07) is 21.5. The van der Waals surface area contributed by atoms with Gasteiger partial charge in [-0.2, -0.15) is 0 Å². The van der Waals surface area contributed by atoms with Crippen molar-refractivity contribution in [3.63, 3.8) is 0 Å². The number of ether oxygens (including phenoxy) is 3. The summed E-state index contributed by atoms with van der Waals surface area (Å²) in [4.78, 5) is 4.36. The number of hydrogen-bond acceptors (Lipinski definition) is 5. The normalized spacial score (nSPS) is 10.8. The number of halogens is 1. The Labute approximate surface area is 210 Å². The number of nitrogens with zero attached hydrogens (tertiary/aromatic N) is 1. The maximum absolute atomic E-state index is 6.10. The van der Waals surface area contributed by atoms with Gasteiger partial charge in [0.2, 0.25) is 0 Å². The molecule has 0 bridgehead atoms. The van der Waals surface area contributed by atoms with E-state index >= 15 is 0 Å². The van der Waals surface area contributed by atoms with Crippen LogP contribution in [-0.4, -0.2) is 18.2 Å². The van der Waals surface area contributed by atoms with E-state index in [0.717, 1.165) is 65.5 Å². The van der Waals surface area contributed by atoms with Crippen molar-refractivity contribution in [3.8, 4) is 34.3 Å². The van der Waals surface area contributed by atoms with Crippen molar-refractivity contribution in [2.45, 2.75) is 32.6 Å². The molecule has 6 heteroatoms. The van der Waals surface area contributed by atoms with Crippen LogP contribution in [0.25, 0.3) is 11.3 Å². The van der Waals surface area contributed by atoms with Crippen LogP contribution in [0.2, 0.25) is 5.02 Å². The Morgan fingerprint density at radius 2 is 1.65 bits per heavy atom. The molecule has 0 aliphatic carbocycles. The molecule has 0 atom stereocenters. The predicted molar refractivity (Wildman–Crippen MR) is 140 cm³/mol. The Morgan fingerprint density at radius 1 is 0.853 bits per heavy atom. The zero-order valence-electron chi connectivity index (χ0n) is 19.2. The van der Waals surface area contributed by atoms with E-state index < -0.39 is 0 Å². The minimum Gasteiger partial charge on any atom is -0.494 e. The Balaban J connectivity index is 1.24. The molecule has 0 unspecified atom stereocenters. The van der Waals surface area contributed by atoms with Gasteiger partial charge in [0.25, 0.3) is 0 Å². The lowest BCUT2D eigenvalue weighted by Gasteiger charge is -2.14. The molecule has 34 heavy (non-hydrogen) atoms. The summed E-state index contributed by atoms with van der Waals surface area (Å²) in [5.74, 6) is 3.35. The summed E-state index contributed by atoms with van der Waals surface area (Å²) in [7, 11) is 0. The van der Waals surface area contributed by atoms with Gasteiger partial charge in [0.1, 0.15) is 23.0 Å². The molecule has 1 aromatic heterocycles. The van der Waals surface area contributed by atoms with Crippen LogP contribution in [0.1, 0.15) is 31.7 Å². The SMILES string of the molecule is CCCc1cc(Oc2ccc(Cl)cc2)ccc1OCCCCOc1cccc(-c2cscn2)c1. The highest BCUT2D eigenvalue weighted by molar-refractivity contribution is 7.07. The largest absolute Gasteiger partial charge is 0.494 e. The molecular formula is C28H28ClNO3S. The molecule has 4 rings (SSSR count). The second-order valence-electron chi connectivity index (χ2n) is 7.88. The molecule has 3 aromatic carbocycles. The van der Waals surface area contributed by atoms with Gasteiger partial charge in [0.15, 0.2) is 0 Å². The summed E-state index contributed by atoms with van der Waals surface area (Å²) in [5, 5.41) is 2.73. The number of aromatic nitrogens is 1. The monoisotopic (exact) mass is 493 g/mol. The third kappa shape index (κ3) is 6.99. The van der Waals surface area contributed by atoms with Crippen molar-refractivity contribution in [3.05, 3.63) is 88.2 Å². The molecule has 0 saturated carbocycles. The zero-order chi connectivity index (χ0) is 23.6. The minimum absolute atomic E-state index is 0.649. The van der Waals surface area contributed by atoms with Gasteiger partial charge in [0, 0.05) is 16.0 Å². The molecule has 0 spiro atoms. The Bertz CT molecular complexity index is 1160. The molecule has 4 nitrogen and oxygen atoms in total. The highest BCUT2D eigenvalue weighted by Crippen LogP contribution is 2.30. The number of hydrogen-bond donors (Lipinski definition) is 0. The average Bonchev–Trinajstić information content (AvgIpc) is 3.39. The smallest absolute Gasteiger partial charge is 0.127 e. The van der Waals surface area contributed by atoms with Crippen LogP contribution in [0.4, 0.5) is 0 Å². The molecule has 1 heterocycles. The standard InChI is InChI=1S/C28H28ClNO3S/c1-2-6-22-18-26(33-24-11-9-23(29)10-12-24)13-14-28(22)32-16-4-3-15-31-25-8-5-7-21(17-25)27-19-34-20-30-27/h5,7-14,17-20H,2-4,6,15-16H2,1H3. The van der Waals surface area contributed by atoms with Crippen molar-refractivity contribution in [2.24, 2.45) is 0 Å². The van der Waals surface area contributed by atoms with Crippen LogP contribution >= 0.6 is 22.9 Å². The Morgan fingerprint density at radius 3 is 2.41 bits per heavy atom. The highest BCUT2D eigenvalue weighted by Gasteiger charge is 2.07. The summed E-state index contributed by atoms with van der Waals surface area (Å²) < 4.78 is 18.0. The first kappa shape index (κ1) is 24.1. The molecule has 0 N–H and O–H groups in total. The highest BCUT2D eigenvalue weighted by atomic mass is 35.5. The summed E-state index contributed by atoms with van der Waals surface area (Å²) in [6.07, 6.45) is 3.81. The van der Waals surface area contributed by atoms with E-state index in [1.165, 1.54) is 0 Å². The number of unbranched alkanes of at least 4 members (excludes halogenated alkanes) is 1. The van der Waals surface area contributed by atoms with Gasteiger partial charge in [0.05, 0.1) is 24.4 Å². The van der Waals surface area contributed by atoms with Crippen LogP contribution in [-0.2, 0) is 6.42 Å². The summed E-state index contributed by atoms with van der Waals surface area (Å²) >= 11 is 7.55. The molecule has 0 aliphatic rings. The molecule has 0 aliphatic heterocycles.